The number of imide groups is 1. The molecule has 0 aromatic heterocycles. The van der Waals surface area contributed by atoms with E-state index in [1.807, 2.05) is 12.1 Å². The van der Waals surface area contributed by atoms with Gasteiger partial charge in [-0.15, -0.1) is 0 Å². The first-order valence-electron chi connectivity index (χ1n) is 8.23. The van der Waals surface area contributed by atoms with Crippen LogP contribution in [0.4, 0.5) is 5.69 Å². The molecule has 128 valence electrons. The smallest absolute Gasteiger partial charge is 0.283 e. The number of ether oxygens (including phenoxy) is 1. The minimum Gasteiger partial charge on any atom is -0.377 e. The van der Waals surface area contributed by atoms with Gasteiger partial charge in [0.05, 0.1) is 11.8 Å². The highest BCUT2D eigenvalue weighted by atomic mass is 35.5. The fourth-order valence-electron chi connectivity index (χ4n) is 2.92. The normalized spacial score (nSPS) is 21.3. The molecule has 1 atom stereocenters. The zero-order valence-corrected chi connectivity index (χ0v) is 14.6. The summed E-state index contributed by atoms with van der Waals surface area (Å²) >= 11 is 6.10. The van der Waals surface area contributed by atoms with Crippen LogP contribution in [0.1, 0.15) is 38.2 Å². The quantitative estimate of drug-likeness (QED) is 0.831. The molecule has 2 aliphatic rings. The second-order valence-corrected chi connectivity index (χ2v) is 6.77. The van der Waals surface area contributed by atoms with Crippen LogP contribution in [0.3, 0.4) is 0 Å². The first-order chi connectivity index (χ1) is 11.5. The Morgan fingerprint density at radius 3 is 2.54 bits per heavy atom. The number of anilines is 1. The zero-order valence-electron chi connectivity index (χ0n) is 13.8. The van der Waals surface area contributed by atoms with Crippen molar-refractivity contribution < 1.29 is 14.3 Å². The Kier molecular flexibility index (Phi) is 4.92. The molecule has 3 rings (SSSR count). The molecule has 1 N–H and O–H groups in total. The third-order valence-corrected chi connectivity index (χ3v) is 4.73. The van der Waals surface area contributed by atoms with Crippen molar-refractivity contribution in [1.82, 2.24) is 5.32 Å². The lowest BCUT2D eigenvalue weighted by Crippen LogP contribution is -2.35. The van der Waals surface area contributed by atoms with E-state index >= 15 is 0 Å². The molecule has 0 bridgehead atoms. The van der Waals surface area contributed by atoms with Crippen LogP contribution in [0.25, 0.3) is 0 Å². The third kappa shape index (κ3) is 3.19. The molecule has 2 heterocycles. The lowest BCUT2D eigenvalue weighted by molar-refractivity contribution is -0.120. The summed E-state index contributed by atoms with van der Waals surface area (Å²) in [5, 5.41) is 2.93. The second-order valence-electron chi connectivity index (χ2n) is 6.40. The predicted octanol–water partition coefficient (Wildman–Crippen LogP) is 2.90. The summed E-state index contributed by atoms with van der Waals surface area (Å²) in [6, 6.07) is 7.40. The summed E-state index contributed by atoms with van der Waals surface area (Å²) in [4.78, 5) is 26.1. The van der Waals surface area contributed by atoms with Gasteiger partial charge in [0.2, 0.25) is 0 Å². The largest absolute Gasteiger partial charge is 0.377 e. The molecule has 0 aliphatic carbocycles. The first-order valence-corrected chi connectivity index (χ1v) is 8.61. The number of carbonyl (C=O) groups excluding carboxylic acids is 2. The molecule has 1 saturated heterocycles. The summed E-state index contributed by atoms with van der Waals surface area (Å²) in [6.45, 7) is 5.39. The van der Waals surface area contributed by atoms with E-state index < -0.39 is 11.8 Å². The van der Waals surface area contributed by atoms with Crippen molar-refractivity contribution >= 4 is 29.1 Å². The molecule has 5 nitrogen and oxygen atoms in total. The average molecular weight is 349 g/mol. The van der Waals surface area contributed by atoms with E-state index in [0.717, 1.165) is 29.9 Å². The maximum Gasteiger partial charge on any atom is 0.283 e. The van der Waals surface area contributed by atoms with E-state index in [0.29, 0.717) is 18.2 Å². The molecular weight excluding hydrogens is 328 g/mol. The highest BCUT2D eigenvalue weighted by Crippen LogP contribution is 2.29. The van der Waals surface area contributed by atoms with E-state index in [9.17, 15) is 9.59 Å². The zero-order chi connectivity index (χ0) is 17.3. The van der Waals surface area contributed by atoms with Gasteiger partial charge in [-0.2, -0.15) is 0 Å². The molecule has 1 unspecified atom stereocenters. The molecule has 1 aromatic carbocycles. The minimum absolute atomic E-state index is 0.0595. The van der Waals surface area contributed by atoms with Crippen LogP contribution in [-0.2, 0) is 14.3 Å². The molecular formula is C18H21ClN2O3. The molecule has 6 heteroatoms. The molecule has 2 aliphatic heterocycles. The molecule has 0 radical (unpaired) electrons. The highest BCUT2D eigenvalue weighted by molar-refractivity contribution is 6.52. The summed E-state index contributed by atoms with van der Waals surface area (Å²) in [7, 11) is 0. The molecule has 0 saturated carbocycles. The van der Waals surface area contributed by atoms with Gasteiger partial charge in [0.15, 0.2) is 0 Å². The number of hydrogen-bond acceptors (Lipinski definition) is 4. The maximum atomic E-state index is 12.6. The number of carbonyl (C=O) groups is 2. The van der Waals surface area contributed by atoms with Crippen LogP contribution in [0.5, 0.6) is 0 Å². The van der Waals surface area contributed by atoms with Gasteiger partial charge in [-0.3, -0.25) is 9.59 Å². The van der Waals surface area contributed by atoms with Crippen molar-refractivity contribution in [3.63, 3.8) is 0 Å². The second kappa shape index (κ2) is 6.95. The summed E-state index contributed by atoms with van der Waals surface area (Å²) < 4.78 is 5.52. The number of benzene rings is 1. The third-order valence-electron chi connectivity index (χ3n) is 4.38. The Bertz CT molecular complexity index is 676. The Morgan fingerprint density at radius 1 is 1.25 bits per heavy atom. The van der Waals surface area contributed by atoms with Gasteiger partial charge in [0, 0.05) is 13.2 Å². The lowest BCUT2D eigenvalue weighted by atomic mass is 10.0. The number of halogens is 1. The van der Waals surface area contributed by atoms with E-state index in [2.05, 4.69) is 19.2 Å². The number of nitrogens with zero attached hydrogens (tertiary/aromatic N) is 1. The van der Waals surface area contributed by atoms with E-state index in [4.69, 9.17) is 16.3 Å². The summed E-state index contributed by atoms with van der Waals surface area (Å²) in [6.07, 6.45) is 2.02. The molecule has 24 heavy (non-hydrogen) atoms. The molecule has 1 aromatic rings. The van der Waals surface area contributed by atoms with Gasteiger partial charge >= 0.3 is 0 Å². The van der Waals surface area contributed by atoms with Crippen molar-refractivity contribution in [2.45, 2.75) is 38.7 Å². The van der Waals surface area contributed by atoms with Gasteiger partial charge in [0.25, 0.3) is 11.8 Å². The van der Waals surface area contributed by atoms with Gasteiger partial charge < -0.3 is 10.1 Å². The van der Waals surface area contributed by atoms with Gasteiger partial charge in [-0.05, 0) is 36.5 Å². The van der Waals surface area contributed by atoms with E-state index in [1.54, 1.807) is 12.1 Å². The topological polar surface area (TPSA) is 58.6 Å². The number of amides is 2. The first kappa shape index (κ1) is 17.0. The van der Waals surface area contributed by atoms with Crippen LogP contribution >= 0.6 is 11.6 Å². The van der Waals surface area contributed by atoms with Crippen LogP contribution in [0.2, 0.25) is 0 Å². The number of hydrogen-bond donors (Lipinski definition) is 1. The minimum atomic E-state index is -0.492. The van der Waals surface area contributed by atoms with Crippen LogP contribution in [0, 0.1) is 0 Å². The van der Waals surface area contributed by atoms with Crippen molar-refractivity contribution in [1.29, 1.82) is 0 Å². The van der Waals surface area contributed by atoms with Crippen LogP contribution in [-0.4, -0.2) is 31.1 Å². The van der Waals surface area contributed by atoms with Crippen molar-refractivity contribution in [3.8, 4) is 0 Å². The fraction of sp³-hybridized carbons (Fsp3) is 0.444. The standard InChI is InChI=1S/C18H21ClN2O3/c1-11(2)12-5-7-13(8-6-12)21-17(22)15(19)16(18(21)23)20-10-14-4-3-9-24-14/h5-8,11,14,20H,3-4,9-10H2,1-2H3. The Balaban J connectivity index is 1.74. The van der Waals surface area contributed by atoms with Gasteiger partial charge in [-0.25, -0.2) is 4.90 Å². The summed E-state index contributed by atoms with van der Waals surface area (Å²) in [5.41, 5.74) is 1.83. The molecule has 1 fully saturated rings. The maximum absolute atomic E-state index is 12.6. The SMILES string of the molecule is CC(C)c1ccc(N2C(=O)C(Cl)=C(NCC3CCCO3)C2=O)cc1. The predicted molar refractivity (Wildman–Crippen MR) is 92.9 cm³/mol. The molecule has 0 spiro atoms. The fourth-order valence-corrected chi connectivity index (χ4v) is 3.15. The van der Waals surface area contributed by atoms with Crippen LogP contribution < -0.4 is 10.2 Å². The number of rotatable bonds is 5. The van der Waals surface area contributed by atoms with Crippen molar-refractivity contribution in [2.24, 2.45) is 0 Å². The van der Waals surface area contributed by atoms with E-state index in [1.165, 1.54) is 0 Å². The van der Waals surface area contributed by atoms with Gasteiger partial charge in [0.1, 0.15) is 10.7 Å². The lowest BCUT2D eigenvalue weighted by Gasteiger charge is -2.17. The average Bonchev–Trinajstić information content (AvgIpc) is 3.15. The van der Waals surface area contributed by atoms with Crippen LogP contribution in [0.15, 0.2) is 35.0 Å². The summed E-state index contributed by atoms with van der Waals surface area (Å²) in [5.74, 6) is -0.525. The van der Waals surface area contributed by atoms with Gasteiger partial charge in [-0.1, -0.05) is 37.6 Å². The Morgan fingerprint density at radius 2 is 1.96 bits per heavy atom. The monoisotopic (exact) mass is 348 g/mol. The van der Waals surface area contributed by atoms with Crippen molar-refractivity contribution in [2.75, 3.05) is 18.1 Å². The Labute approximate surface area is 146 Å². The highest BCUT2D eigenvalue weighted by Gasteiger charge is 2.39. The molecule has 2 amide bonds. The Hall–Kier alpha value is -1.85. The number of nitrogens with one attached hydrogen (secondary N) is 1. The van der Waals surface area contributed by atoms with Crippen molar-refractivity contribution in [3.05, 3.63) is 40.6 Å². The van der Waals surface area contributed by atoms with E-state index in [-0.39, 0.29) is 16.8 Å².